The minimum Gasteiger partial charge on any atom is -0.334 e. The Hall–Kier alpha value is -3.15. The molecular weight excluding hydrogens is 302 g/mol. The van der Waals surface area contributed by atoms with Crippen molar-refractivity contribution in [3.63, 3.8) is 0 Å². The number of hydrogen-bond acceptors (Lipinski definition) is 5. The van der Waals surface area contributed by atoms with Gasteiger partial charge in [0.25, 0.3) is 5.91 Å². The summed E-state index contributed by atoms with van der Waals surface area (Å²) in [4.78, 5) is 31.3. The molecule has 0 aliphatic heterocycles. The first kappa shape index (κ1) is 15.7. The van der Waals surface area contributed by atoms with Gasteiger partial charge in [-0.1, -0.05) is 12.1 Å². The molecule has 0 unspecified atom stereocenters. The number of rotatable bonds is 4. The van der Waals surface area contributed by atoms with E-state index in [4.69, 9.17) is 0 Å². The van der Waals surface area contributed by atoms with Crippen LogP contribution in [0.25, 0.3) is 11.3 Å². The van der Waals surface area contributed by atoms with Crippen molar-refractivity contribution >= 4 is 5.91 Å². The summed E-state index contributed by atoms with van der Waals surface area (Å²) in [6, 6.07) is 10.9. The van der Waals surface area contributed by atoms with E-state index in [1.807, 2.05) is 25.1 Å². The average molecular weight is 319 g/mol. The molecule has 6 heteroatoms. The Morgan fingerprint density at radius 2 is 1.79 bits per heavy atom. The molecule has 0 spiro atoms. The average Bonchev–Trinajstić information content (AvgIpc) is 2.62. The van der Waals surface area contributed by atoms with E-state index < -0.39 is 0 Å². The standard InChI is InChI=1S/C18H17N5O/c1-13-21-11-14(15-7-3-5-9-19-15)17(22-13)12-23(2)18(24)16-8-4-6-10-20-16/h3-11H,12H2,1-2H3. The van der Waals surface area contributed by atoms with Crippen molar-refractivity contribution in [3.05, 3.63) is 72.2 Å². The van der Waals surface area contributed by atoms with Gasteiger partial charge in [-0.15, -0.1) is 0 Å². The van der Waals surface area contributed by atoms with E-state index in [9.17, 15) is 4.79 Å². The number of pyridine rings is 2. The fourth-order valence-corrected chi connectivity index (χ4v) is 2.35. The molecule has 0 aromatic carbocycles. The number of hydrogen-bond donors (Lipinski definition) is 0. The Morgan fingerprint density at radius 3 is 2.46 bits per heavy atom. The van der Waals surface area contributed by atoms with Crippen LogP contribution in [0, 0.1) is 6.92 Å². The molecule has 0 aliphatic rings. The normalized spacial score (nSPS) is 10.4. The van der Waals surface area contributed by atoms with Crippen LogP contribution >= 0.6 is 0 Å². The predicted octanol–water partition coefficient (Wildman–Crippen LogP) is 2.51. The Bertz CT molecular complexity index is 837. The molecule has 1 amide bonds. The molecule has 0 fully saturated rings. The summed E-state index contributed by atoms with van der Waals surface area (Å²) < 4.78 is 0. The highest BCUT2D eigenvalue weighted by Crippen LogP contribution is 2.20. The summed E-state index contributed by atoms with van der Waals surface area (Å²) in [7, 11) is 1.73. The third-order valence-corrected chi connectivity index (χ3v) is 3.55. The van der Waals surface area contributed by atoms with Gasteiger partial charge in [-0.05, 0) is 31.2 Å². The van der Waals surface area contributed by atoms with Crippen LogP contribution in [-0.2, 0) is 6.54 Å². The summed E-state index contributed by atoms with van der Waals surface area (Å²) >= 11 is 0. The molecule has 0 saturated heterocycles. The van der Waals surface area contributed by atoms with Crippen molar-refractivity contribution in [1.82, 2.24) is 24.8 Å². The maximum absolute atomic E-state index is 12.5. The van der Waals surface area contributed by atoms with Crippen LogP contribution in [0.3, 0.4) is 0 Å². The van der Waals surface area contributed by atoms with Gasteiger partial charge in [0.1, 0.15) is 11.5 Å². The minimum absolute atomic E-state index is 0.154. The number of aromatic nitrogens is 4. The van der Waals surface area contributed by atoms with Crippen LogP contribution in [-0.4, -0.2) is 37.8 Å². The predicted molar refractivity (Wildman–Crippen MR) is 90.0 cm³/mol. The number of carbonyl (C=O) groups excluding carboxylic acids is 1. The van der Waals surface area contributed by atoms with Gasteiger partial charge in [-0.2, -0.15) is 0 Å². The topological polar surface area (TPSA) is 71.9 Å². The zero-order chi connectivity index (χ0) is 16.9. The molecule has 0 N–H and O–H groups in total. The molecule has 0 saturated carbocycles. The fraction of sp³-hybridized carbons (Fsp3) is 0.167. The van der Waals surface area contributed by atoms with Crippen LogP contribution < -0.4 is 0 Å². The third-order valence-electron chi connectivity index (χ3n) is 3.55. The molecule has 120 valence electrons. The van der Waals surface area contributed by atoms with Crippen molar-refractivity contribution in [3.8, 4) is 11.3 Å². The molecule has 0 bridgehead atoms. The first-order valence-corrected chi connectivity index (χ1v) is 7.55. The Kier molecular flexibility index (Phi) is 4.56. The number of carbonyl (C=O) groups is 1. The molecule has 3 aromatic rings. The number of nitrogens with zero attached hydrogens (tertiary/aromatic N) is 5. The summed E-state index contributed by atoms with van der Waals surface area (Å²) in [6.45, 7) is 2.18. The van der Waals surface area contributed by atoms with Gasteiger partial charge in [-0.25, -0.2) is 9.97 Å². The highest BCUT2D eigenvalue weighted by atomic mass is 16.2. The Labute approximate surface area is 140 Å². The van der Waals surface area contributed by atoms with Crippen molar-refractivity contribution in [2.24, 2.45) is 0 Å². The second-order valence-electron chi connectivity index (χ2n) is 5.37. The van der Waals surface area contributed by atoms with Crippen molar-refractivity contribution < 1.29 is 4.79 Å². The molecule has 0 aliphatic carbocycles. The van der Waals surface area contributed by atoms with Gasteiger partial charge in [0.2, 0.25) is 0 Å². The maximum Gasteiger partial charge on any atom is 0.272 e. The zero-order valence-corrected chi connectivity index (χ0v) is 13.5. The molecule has 6 nitrogen and oxygen atoms in total. The Balaban J connectivity index is 1.89. The smallest absolute Gasteiger partial charge is 0.272 e. The lowest BCUT2D eigenvalue weighted by Gasteiger charge is -2.18. The van der Waals surface area contributed by atoms with Crippen LogP contribution in [0.15, 0.2) is 55.0 Å². The van der Waals surface area contributed by atoms with Crippen LogP contribution in [0.2, 0.25) is 0 Å². The summed E-state index contributed by atoms with van der Waals surface area (Å²) in [5, 5.41) is 0. The van der Waals surface area contributed by atoms with E-state index >= 15 is 0 Å². The highest BCUT2D eigenvalue weighted by Gasteiger charge is 2.17. The van der Waals surface area contributed by atoms with Crippen LogP contribution in [0.4, 0.5) is 0 Å². The SMILES string of the molecule is Cc1ncc(-c2ccccn2)c(CN(C)C(=O)c2ccccn2)n1. The van der Waals surface area contributed by atoms with E-state index in [1.165, 1.54) is 0 Å². The first-order chi connectivity index (χ1) is 11.6. The molecule has 24 heavy (non-hydrogen) atoms. The number of amides is 1. The lowest BCUT2D eigenvalue weighted by molar-refractivity contribution is 0.0777. The molecule has 0 radical (unpaired) electrons. The minimum atomic E-state index is -0.154. The van der Waals surface area contributed by atoms with Gasteiger partial charge in [-0.3, -0.25) is 14.8 Å². The second kappa shape index (κ2) is 6.95. The monoisotopic (exact) mass is 319 g/mol. The summed E-state index contributed by atoms with van der Waals surface area (Å²) in [5.74, 6) is 0.502. The van der Waals surface area contributed by atoms with Crippen LogP contribution in [0.5, 0.6) is 0 Å². The van der Waals surface area contributed by atoms with E-state index in [-0.39, 0.29) is 5.91 Å². The van der Waals surface area contributed by atoms with E-state index in [0.29, 0.717) is 18.1 Å². The first-order valence-electron chi connectivity index (χ1n) is 7.55. The molecule has 3 aromatic heterocycles. The van der Waals surface area contributed by atoms with Crippen molar-refractivity contribution in [2.75, 3.05) is 7.05 Å². The van der Waals surface area contributed by atoms with Gasteiger partial charge in [0, 0.05) is 31.2 Å². The van der Waals surface area contributed by atoms with E-state index in [1.54, 1.807) is 48.7 Å². The van der Waals surface area contributed by atoms with Crippen molar-refractivity contribution in [1.29, 1.82) is 0 Å². The van der Waals surface area contributed by atoms with Gasteiger partial charge < -0.3 is 4.90 Å². The summed E-state index contributed by atoms with van der Waals surface area (Å²) in [6.07, 6.45) is 5.08. The zero-order valence-electron chi connectivity index (χ0n) is 13.5. The van der Waals surface area contributed by atoms with Crippen molar-refractivity contribution in [2.45, 2.75) is 13.5 Å². The molecule has 3 heterocycles. The lowest BCUT2D eigenvalue weighted by atomic mass is 10.1. The van der Waals surface area contributed by atoms with E-state index in [0.717, 1.165) is 17.0 Å². The third kappa shape index (κ3) is 3.43. The molecule has 3 rings (SSSR count). The summed E-state index contributed by atoms with van der Waals surface area (Å²) in [5.41, 5.74) is 2.77. The maximum atomic E-state index is 12.5. The van der Waals surface area contributed by atoms with Gasteiger partial charge in [0.05, 0.1) is 17.9 Å². The highest BCUT2D eigenvalue weighted by molar-refractivity contribution is 5.92. The molecular formula is C18H17N5O. The quantitative estimate of drug-likeness (QED) is 0.739. The van der Waals surface area contributed by atoms with E-state index in [2.05, 4.69) is 19.9 Å². The lowest BCUT2D eigenvalue weighted by Crippen LogP contribution is -2.27. The largest absolute Gasteiger partial charge is 0.334 e. The van der Waals surface area contributed by atoms with Gasteiger partial charge in [0.15, 0.2) is 0 Å². The Morgan fingerprint density at radius 1 is 1.04 bits per heavy atom. The number of aryl methyl sites for hydroxylation is 1. The second-order valence-corrected chi connectivity index (χ2v) is 5.37. The fourth-order valence-electron chi connectivity index (χ4n) is 2.35. The van der Waals surface area contributed by atoms with Crippen LogP contribution in [0.1, 0.15) is 22.0 Å². The molecule has 0 atom stereocenters. The van der Waals surface area contributed by atoms with Gasteiger partial charge >= 0.3 is 0 Å².